The first kappa shape index (κ1) is 11.1. The lowest BCUT2D eigenvalue weighted by atomic mass is 9.94. The Morgan fingerprint density at radius 3 is 3.18 bits per heavy atom. The zero-order chi connectivity index (χ0) is 11.8. The number of nitrogens with zero attached hydrogens (tertiary/aromatic N) is 2. The van der Waals surface area contributed by atoms with Crippen molar-refractivity contribution in [3.05, 3.63) is 29.3 Å². The highest BCUT2D eigenvalue weighted by Gasteiger charge is 2.26. The van der Waals surface area contributed by atoms with Crippen LogP contribution in [0.3, 0.4) is 0 Å². The molecule has 2 atom stereocenters. The van der Waals surface area contributed by atoms with Crippen LogP contribution in [-0.2, 0) is 0 Å². The Labute approximate surface area is 105 Å². The molecule has 0 saturated carbocycles. The molecular formula is C13H17N3S. The first-order valence-corrected chi connectivity index (χ1v) is 6.91. The monoisotopic (exact) mass is 247 g/mol. The molecule has 3 heterocycles. The fourth-order valence-corrected chi connectivity index (χ4v) is 3.66. The molecule has 2 N–H and O–H groups in total. The van der Waals surface area contributed by atoms with Gasteiger partial charge in [-0.3, -0.25) is 9.88 Å². The molecule has 3 rings (SSSR count). The Kier molecular flexibility index (Phi) is 2.86. The number of likely N-dealkylation sites (tertiary alicyclic amines) is 1. The van der Waals surface area contributed by atoms with Crippen molar-refractivity contribution < 1.29 is 0 Å². The van der Waals surface area contributed by atoms with Crippen molar-refractivity contribution in [3.63, 3.8) is 0 Å². The van der Waals surface area contributed by atoms with E-state index in [1.807, 2.05) is 12.3 Å². The maximum Gasteiger partial charge on any atom is 0.0857 e. The van der Waals surface area contributed by atoms with E-state index in [1.165, 1.54) is 15.8 Å². The van der Waals surface area contributed by atoms with Crippen molar-refractivity contribution >= 4 is 21.6 Å². The molecule has 90 valence electrons. The molecule has 0 aromatic carbocycles. The van der Waals surface area contributed by atoms with Gasteiger partial charge in [0.05, 0.1) is 10.2 Å². The quantitative estimate of drug-likeness (QED) is 0.841. The predicted molar refractivity (Wildman–Crippen MR) is 72.2 cm³/mol. The van der Waals surface area contributed by atoms with Gasteiger partial charge in [-0.1, -0.05) is 0 Å². The highest BCUT2D eigenvalue weighted by atomic mass is 32.1. The number of pyridine rings is 1. The van der Waals surface area contributed by atoms with E-state index >= 15 is 0 Å². The summed E-state index contributed by atoms with van der Waals surface area (Å²) >= 11 is 1.79. The third kappa shape index (κ3) is 1.97. The second-order valence-corrected chi connectivity index (χ2v) is 5.75. The van der Waals surface area contributed by atoms with Gasteiger partial charge >= 0.3 is 0 Å². The summed E-state index contributed by atoms with van der Waals surface area (Å²) in [4.78, 5) is 6.89. The van der Waals surface area contributed by atoms with Crippen LogP contribution < -0.4 is 5.73 Å². The van der Waals surface area contributed by atoms with Crippen LogP contribution >= 0.6 is 11.3 Å². The molecule has 0 amide bonds. The Balaban J connectivity index is 1.98. The number of aromatic nitrogens is 1. The van der Waals surface area contributed by atoms with E-state index in [0.717, 1.165) is 19.4 Å². The lowest BCUT2D eigenvalue weighted by molar-refractivity contribution is 0.171. The van der Waals surface area contributed by atoms with Gasteiger partial charge < -0.3 is 5.73 Å². The average Bonchev–Trinajstić information content (AvgIpc) is 2.73. The number of rotatable bonds is 1. The largest absolute Gasteiger partial charge is 0.327 e. The van der Waals surface area contributed by atoms with E-state index in [9.17, 15) is 0 Å². The molecule has 1 saturated heterocycles. The fourth-order valence-electron chi connectivity index (χ4n) is 2.70. The molecule has 1 aliphatic rings. The van der Waals surface area contributed by atoms with Crippen LogP contribution in [0.15, 0.2) is 23.7 Å². The predicted octanol–water partition coefficient (Wildman–Crippen LogP) is 2.39. The van der Waals surface area contributed by atoms with Gasteiger partial charge in [-0.2, -0.15) is 0 Å². The van der Waals surface area contributed by atoms with E-state index in [-0.39, 0.29) is 0 Å². The molecule has 17 heavy (non-hydrogen) atoms. The molecule has 4 heteroatoms. The zero-order valence-corrected chi connectivity index (χ0v) is 10.8. The van der Waals surface area contributed by atoms with E-state index in [4.69, 9.17) is 5.73 Å². The number of fused-ring (bicyclic) bond motifs is 1. The minimum absolute atomic E-state index is 0.328. The molecule has 0 spiro atoms. The van der Waals surface area contributed by atoms with Gasteiger partial charge in [0, 0.05) is 30.4 Å². The van der Waals surface area contributed by atoms with Gasteiger partial charge in [0.25, 0.3) is 0 Å². The van der Waals surface area contributed by atoms with Crippen molar-refractivity contribution in [3.8, 4) is 0 Å². The molecular weight excluding hydrogens is 230 g/mol. The normalized spacial score (nSPS) is 26.5. The Hall–Kier alpha value is -0.970. The molecule has 1 aliphatic heterocycles. The van der Waals surface area contributed by atoms with E-state index in [0.29, 0.717) is 12.1 Å². The number of hydrogen-bond acceptors (Lipinski definition) is 4. The van der Waals surface area contributed by atoms with Crippen molar-refractivity contribution in [2.24, 2.45) is 5.73 Å². The Morgan fingerprint density at radius 2 is 2.35 bits per heavy atom. The lowest BCUT2D eigenvalue weighted by Gasteiger charge is -2.35. The fraction of sp³-hybridized carbons (Fsp3) is 0.462. The minimum Gasteiger partial charge on any atom is -0.327 e. The number of thiophene rings is 1. The summed E-state index contributed by atoms with van der Waals surface area (Å²) in [7, 11) is 2.16. The molecule has 2 aromatic heterocycles. The smallest absolute Gasteiger partial charge is 0.0857 e. The lowest BCUT2D eigenvalue weighted by Crippen LogP contribution is -2.42. The van der Waals surface area contributed by atoms with Gasteiger partial charge in [0.2, 0.25) is 0 Å². The molecule has 0 aliphatic carbocycles. The maximum atomic E-state index is 6.00. The standard InChI is InChI=1S/C13H17N3S/c1-16-7-9(14)4-5-11(16)10-8-17-12-3-2-6-15-13(10)12/h2-3,6,8-9,11H,4-5,7,14H2,1H3. The molecule has 0 radical (unpaired) electrons. The van der Waals surface area contributed by atoms with Crippen LogP contribution in [0.25, 0.3) is 10.2 Å². The van der Waals surface area contributed by atoms with E-state index in [2.05, 4.69) is 28.4 Å². The van der Waals surface area contributed by atoms with Crippen LogP contribution in [0, 0.1) is 0 Å². The van der Waals surface area contributed by atoms with Crippen LogP contribution in [0.1, 0.15) is 24.4 Å². The number of likely N-dealkylation sites (N-methyl/N-ethyl adjacent to an activating group) is 1. The summed E-state index contributed by atoms with van der Waals surface area (Å²) in [6, 6.07) is 4.96. The van der Waals surface area contributed by atoms with Crippen molar-refractivity contribution in [2.45, 2.75) is 24.9 Å². The number of piperidine rings is 1. The summed E-state index contributed by atoms with van der Waals surface area (Å²) < 4.78 is 1.28. The second kappa shape index (κ2) is 4.37. The molecule has 0 bridgehead atoms. The third-order valence-electron chi connectivity index (χ3n) is 3.58. The van der Waals surface area contributed by atoms with Gasteiger partial charge in [-0.25, -0.2) is 0 Å². The summed E-state index contributed by atoms with van der Waals surface area (Å²) in [5.41, 5.74) is 8.54. The first-order chi connectivity index (χ1) is 8.25. The summed E-state index contributed by atoms with van der Waals surface area (Å²) in [6.07, 6.45) is 4.13. The summed E-state index contributed by atoms with van der Waals surface area (Å²) in [5.74, 6) is 0. The highest BCUT2D eigenvalue weighted by Crippen LogP contribution is 2.35. The van der Waals surface area contributed by atoms with Gasteiger partial charge in [0.15, 0.2) is 0 Å². The third-order valence-corrected chi connectivity index (χ3v) is 4.54. The summed E-state index contributed by atoms with van der Waals surface area (Å²) in [6.45, 7) is 0.981. The van der Waals surface area contributed by atoms with Crippen molar-refractivity contribution in [2.75, 3.05) is 13.6 Å². The van der Waals surface area contributed by atoms with Crippen molar-refractivity contribution in [1.29, 1.82) is 0 Å². The van der Waals surface area contributed by atoms with E-state index < -0.39 is 0 Å². The Morgan fingerprint density at radius 1 is 1.47 bits per heavy atom. The number of nitrogens with two attached hydrogens (primary N) is 1. The topological polar surface area (TPSA) is 42.1 Å². The van der Waals surface area contributed by atoms with E-state index in [1.54, 1.807) is 11.3 Å². The van der Waals surface area contributed by atoms with Crippen LogP contribution in [-0.4, -0.2) is 29.5 Å². The number of hydrogen-bond donors (Lipinski definition) is 1. The van der Waals surface area contributed by atoms with Crippen LogP contribution in [0.4, 0.5) is 0 Å². The SMILES string of the molecule is CN1CC(N)CCC1c1csc2cccnc12. The van der Waals surface area contributed by atoms with Crippen LogP contribution in [0.2, 0.25) is 0 Å². The Bertz CT molecular complexity index is 522. The molecule has 3 nitrogen and oxygen atoms in total. The molecule has 1 fully saturated rings. The first-order valence-electron chi connectivity index (χ1n) is 6.03. The van der Waals surface area contributed by atoms with Gasteiger partial charge in [-0.15, -0.1) is 11.3 Å². The van der Waals surface area contributed by atoms with Gasteiger partial charge in [0.1, 0.15) is 0 Å². The summed E-state index contributed by atoms with van der Waals surface area (Å²) in [5, 5.41) is 2.26. The molecule has 2 unspecified atom stereocenters. The average molecular weight is 247 g/mol. The second-order valence-electron chi connectivity index (χ2n) is 4.83. The van der Waals surface area contributed by atoms with Gasteiger partial charge in [-0.05, 0) is 37.4 Å². The minimum atomic E-state index is 0.328. The van der Waals surface area contributed by atoms with Crippen LogP contribution in [0.5, 0.6) is 0 Å². The zero-order valence-electron chi connectivity index (χ0n) is 9.97. The van der Waals surface area contributed by atoms with Crippen molar-refractivity contribution in [1.82, 2.24) is 9.88 Å². The highest BCUT2D eigenvalue weighted by molar-refractivity contribution is 7.17. The maximum absolute atomic E-state index is 6.00. The molecule has 2 aromatic rings.